The fraction of sp³-hybridized carbons (Fsp3) is 0.625. The van der Waals surface area contributed by atoms with E-state index in [2.05, 4.69) is 30.0 Å². The molecule has 0 unspecified atom stereocenters. The van der Waals surface area contributed by atoms with Crippen LogP contribution < -0.4 is 10.6 Å². The van der Waals surface area contributed by atoms with Crippen LogP contribution in [0.25, 0.3) is 0 Å². The monoisotopic (exact) mass is 246 g/mol. The predicted molar refractivity (Wildman–Crippen MR) is 79.2 cm³/mol. The number of hydrogen-bond acceptors (Lipinski definition) is 2. The Balaban J connectivity index is 2.18. The topological polar surface area (TPSA) is 29.3 Å². The number of nitrogens with two attached hydrogens (primary N) is 1. The molecule has 1 aliphatic heterocycles. The molecule has 1 aromatic rings. The molecule has 2 heteroatoms. The van der Waals surface area contributed by atoms with Gasteiger partial charge in [-0.15, -0.1) is 0 Å². The van der Waals surface area contributed by atoms with Crippen molar-refractivity contribution in [1.29, 1.82) is 0 Å². The molecule has 1 aromatic carbocycles. The number of benzene rings is 1. The zero-order valence-corrected chi connectivity index (χ0v) is 11.6. The van der Waals surface area contributed by atoms with Gasteiger partial charge in [0.05, 0.1) is 0 Å². The third-order valence-electron chi connectivity index (χ3n) is 3.85. The zero-order chi connectivity index (χ0) is 12.8. The second-order valence-electron chi connectivity index (χ2n) is 5.43. The Morgan fingerprint density at radius 2 is 1.72 bits per heavy atom. The summed E-state index contributed by atoms with van der Waals surface area (Å²) in [6.45, 7) is 5.32. The molecule has 1 heterocycles. The van der Waals surface area contributed by atoms with Gasteiger partial charge in [0.25, 0.3) is 0 Å². The molecule has 2 nitrogen and oxygen atoms in total. The van der Waals surface area contributed by atoms with Crippen molar-refractivity contribution in [1.82, 2.24) is 0 Å². The molecule has 18 heavy (non-hydrogen) atoms. The third kappa shape index (κ3) is 3.49. The van der Waals surface area contributed by atoms with E-state index in [0.717, 1.165) is 13.0 Å². The van der Waals surface area contributed by atoms with Gasteiger partial charge in [0, 0.05) is 18.8 Å². The van der Waals surface area contributed by atoms with Gasteiger partial charge in [0.1, 0.15) is 0 Å². The van der Waals surface area contributed by atoms with Crippen molar-refractivity contribution in [2.75, 3.05) is 24.5 Å². The molecule has 100 valence electrons. The van der Waals surface area contributed by atoms with Crippen molar-refractivity contribution in [2.24, 2.45) is 5.73 Å². The maximum Gasteiger partial charge on any atom is 0.0399 e. The molecule has 0 aliphatic carbocycles. The van der Waals surface area contributed by atoms with E-state index < -0.39 is 0 Å². The summed E-state index contributed by atoms with van der Waals surface area (Å²) in [5, 5.41) is 0. The summed E-state index contributed by atoms with van der Waals surface area (Å²) in [7, 11) is 0. The van der Waals surface area contributed by atoms with Crippen molar-refractivity contribution in [3.8, 4) is 0 Å². The highest BCUT2D eigenvalue weighted by Crippen LogP contribution is 2.25. The van der Waals surface area contributed by atoms with Gasteiger partial charge in [-0.3, -0.25) is 0 Å². The van der Waals surface area contributed by atoms with Gasteiger partial charge in [0.15, 0.2) is 0 Å². The summed E-state index contributed by atoms with van der Waals surface area (Å²) in [6, 6.07) is 6.83. The van der Waals surface area contributed by atoms with Crippen LogP contribution in [0.2, 0.25) is 0 Å². The second kappa shape index (κ2) is 6.79. The molecule has 0 saturated carbocycles. The van der Waals surface area contributed by atoms with Crippen LogP contribution in [0.4, 0.5) is 5.69 Å². The van der Waals surface area contributed by atoms with Crippen LogP contribution in [0, 0.1) is 6.92 Å². The van der Waals surface area contributed by atoms with E-state index in [1.165, 1.54) is 62.0 Å². The minimum absolute atomic E-state index is 0.740. The molecule has 0 atom stereocenters. The smallest absolute Gasteiger partial charge is 0.0399 e. The molecular formula is C16H26N2. The van der Waals surface area contributed by atoms with Crippen LogP contribution in [0.15, 0.2) is 18.2 Å². The first-order chi connectivity index (χ1) is 8.81. The molecule has 0 bridgehead atoms. The van der Waals surface area contributed by atoms with Crippen LogP contribution in [-0.2, 0) is 6.42 Å². The highest BCUT2D eigenvalue weighted by atomic mass is 15.1. The maximum atomic E-state index is 5.75. The summed E-state index contributed by atoms with van der Waals surface area (Å²) in [5.41, 5.74) is 9.94. The normalized spacial score (nSPS) is 17.3. The quantitative estimate of drug-likeness (QED) is 0.887. The molecule has 0 radical (unpaired) electrons. The van der Waals surface area contributed by atoms with E-state index in [0.29, 0.717) is 0 Å². The average molecular weight is 246 g/mol. The van der Waals surface area contributed by atoms with Crippen LogP contribution in [0.3, 0.4) is 0 Å². The lowest BCUT2D eigenvalue weighted by molar-refractivity contribution is 0.555. The van der Waals surface area contributed by atoms with E-state index in [4.69, 9.17) is 5.73 Å². The molecule has 1 fully saturated rings. The first-order valence-electron chi connectivity index (χ1n) is 7.36. The standard InChI is InChI=1S/C16H26N2/c1-14-7-8-16(15(13-14)9-10-17)18-11-5-3-2-4-6-12-18/h7-8,13H,2-6,9-12,17H2,1H3. The number of hydrogen-bond donors (Lipinski definition) is 1. The fourth-order valence-corrected chi connectivity index (χ4v) is 2.87. The van der Waals surface area contributed by atoms with Crippen molar-refractivity contribution in [2.45, 2.75) is 45.4 Å². The SMILES string of the molecule is Cc1ccc(N2CCCCCCC2)c(CCN)c1. The Labute approximate surface area is 111 Å². The lowest BCUT2D eigenvalue weighted by Crippen LogP contribution is -2.28. The van der Waals surface area contributed by atoms with E-state index in [1.807, 2.05) is 0 Å². The Bertz CT molecular complexity index is 365. The minimum Gasteiger partial charge on any atom is -0.371 e. The van der Waals surface area contributed by atoms with Crippen LogP contribution in [-0.4, -0.2) is 19.6 Å². The van der Waals surface area contributed by atoms with Gasteiger partial charge in [0.2, 0.25) is 0 Å². The van der Waals surface area contributed by atoms with Crippen LogP contribution in [0.5, 0.6) is 0 Å². The molecule has 2 N–H and O–H groups in total. The molecule has 1 saturated heterocycles. The minimum atomic E-state index is 0.740. The Hall–Kier alpha value is -1.02. The summed E-state index contributed by atoms with van der Waals surface area (Å²) in [6.07, 6.45) is 7.83. The summed E-state index contributed by atoms with van der Waals surface area (Å²) in [5.74, 6) is 0. The van der Waals surface area contributed by atoms with Gasteiger partial charge in [-0.2, -0.15) is 0 Å². The average Bonchev–Trinajstić information content (AvgIpc) is 2.30. The zero-order valence-electron chi connectivity index (χ0n) is 11.6. The number of rotatable bonds is 3. The Kier molecular flexibility index (Phi) is 5.06. The predicted octanol–water partition coefficient (Wildman–Crippen LogP) is 3.27. The first kappa shape index (κ1) is 13.4. The van der Waals surface area contributed by atoms with Crippen LogP contribution >= 0.6 is 0 Å². The van der Waals surface area contributed by atoms with Crippen molar-refractivity contribution in [3.05, 3.63) is 29.3 Å². The van der Waals surface area contributed by atoms with Crippen molar-refractivity contribution in [3.63, 3.8) is 0 Å². The van der Waals surface area contributed by atoms with E-state index in [9.17, 15) is 0 Å². The highest BCUT2D eigenvalue weighted by molar-refractivity contribution is 5.55. The lowest BCUT2D eigenvalue weighted by Gasteiger charge is -2.29. The maximum absolute atomic E-state index is 5.75. The lowest BCUT2D eigenvalue weighted by atomic mass is 10.0. The van der Waals surface area contributed by atoms with Crippen molar-refractivity contribution >= 4 is 5.69 Å². The van der Waals surface area contributed by atoms with E-state index >= 15 is 0 Å². The van der Waals surface area contributed by atoms with Gasteiger partial charge < -0.3 is 10.6 Å². The molecule has 0 aromatic heterocycles. The van der Waals surface area contributed by atoms with Gasteiger partial charge >= 0.3 is 0 Å². The molecule has 2 rings (SSSR count). The van der Waals surface area contributed by atoms with Gasteiger partial charge in [-0.25, -0.2) is 0 Å². The van der Waals surface area contributed by atoms with Crippen molar-refractivity contribution < 1.29 is 0 Å². The number of nitrogens with zero attached hydrogens (tertiary/aromatic N) is 1. The number of anilines is 1. The molecular weight excluding hydrogens is 220 g/mol. The number of aryl methyl sites for hydroxylation is 1. The third-order valence-corrected chi connectivity index (χ3v) is 3.85. The highest BCUT2D eigenvalue weighted by Gasteiger charge is 2.12. The second-order valence-corrected chi connectivity index (χ2v) is 5.43. The fourth-order valence-electron chi connectivity index (χ4n) is 2.87. The van der Waals surface area contributed by atoms with E-state index in [1.54, 1.807) is 0 Å². The largest absolute Gasteiger partial charge is 0.371 e. The molecule has 0 amide bonds. The summed E-state index contributed by atoms with van der Waals surface area (Å²) >= 11 is 0. The first-order valence-corrected chi connectivity index (χ1v) is 7.36. The van der Waals surface area contributed by atoms with Gasteiger partial charge in [-0.05, 0) is 44.4 Å². The van der Waals surface area contributed by atoms with Gasteiger partial charge in [-0.1, -0.05) is 37.0 Å². The summed E-state index contributed by atoms with van der Waals surface area (Å²) < 4.78 is 0. The Morgan fingerprint density at radius 3 is 2.39 bits per heavy atom. The van der Waals surface area contributed by atoms with Crippen LogP contribution in [0.1, 0.15) is 43.2 Å². The molecule has 0 spiro atoms. The van der Waals surface area contributed by atoms with E-state index in [-0.39, 0.29) is 0 Å². The molecule has 1 aliphatic rings. The summed E-state index contributed by atoms with van der Waals surface area (Å²) in [4.78, 5) is 2.57. The Morgan fingerprint density at radius 1 is 1.06 bits per heavy atom.